The van der Waals surface area contributed by atoms with Gasteiger partial charge in [-0.05, 0) is 41.0 Å². The van der Waals surface area contributed by atoms with E-state index in [-0.39, 0.29) is 6.61 Å². The van der Waals surface area contributed by atoms with Gasteiger partial charge in [0.05, 0.1) is 49.9 Å². The number of aliphatic hydroxyl groups excluding tert-OH is 1. The second-order valence-electron chi connectivity index (χ2n) is 6.76. The average molecular weight is 402 g/mol. The quantitative estimate of drug-likeness (QED) is 0.532. The van der Waals surface area contributed by atoms with Crippen molar-refractivity contribution in [3.05, 3.63) is 72.2 Å². The third-order valence-electron chi connectivity index (χ3n) is 4.81. The van der Waals surface area contributed by atoms with E-state index in [4.69, 9.17) is 14.5 Å². The van der Waals surface area contributed by atoms with Gasteiger partial charge in [-0.25, -0.2) is 4.98 Å². The van der Waals surface area contributed by atoms with Gasteiger partial charge in [-0.2, -0.15) is 5.10 Å². The number of fused-ring (bicyclic) bond motifs is 1. The van der Waals surface area contributed by atoms with Gasteiger partial charge in [0, 0.05) is 24.9 Å². The minimum Gasteiger partial charge on any atom is -0.497 e. The molecule has 0 aliphatic carbocycles. The van der Waals surface area contributed by atoms with Crippen molar-refractivity contribution in [2.45, 2.75) is 0 Å². The number of hydrogen-bond acceptors (Lipinski definition) is 6. The first-order valence-corrected chi connectivity index (χ1v) is 9.42. The predicted molar refractivity (Wildman–Crippen MR) is 115 cm³/mol. The zero-order valence-electron chi connectivity index (χ0n) is 17.0. The van der Waals surface area contributed by atoms with Gasteiger partial charge in [0.15, 0.2) is 0 Å². The number of rotatable bonds is 6. The van der Waals surface area contributed by atoms with Crippen molar-refractivity contribution in [1.29, 1.82) is 0 Å². The molecule has 0 unspecified atom stereocenters. The second-order valence-corrected chi connectivity index (χ2v) is 6.76. The van der Waals surface area contributed by atoms with Gasteiger partial charge in [-0.15, -0.1) is 0 Å². The van der Waals surface area contributed by atoms with E-state index in [0.29, 0.717) is 11.5 Å². The van der Waals surface area contributed by atoms with Crippen LogP contribution in [0.5, 0.6) is 11.5 Å². The Morgan fingerprint density at radius 1 is 1.00 bits per heavy atom. The first-order chi connectivity index (χ1) is 14.6. The van der Waals surface area contributed by atoms with E-state index >= 15 is 0 Å². The van der Waals surface area contributed by atoms with Crippen molar-refractivity contribution in [3.8, 4) is 22.8 Å². The molecule has 0 aliphatic rings. The van der Waals surface area contributed by atoms with E-state index in [0.717, 1.165) is 39.0 Å². The summed E-state index contributed by atoms with van der Waals surface area (Å²) >= 11 is 0. The van der Waals surface area contributed by atoms with Crippen molar-refractivity contribution in [1.82, 2.24) is 19.7 Å². The lowest BCUT2D eigenvalue weighted by molar-refractivity contribution is 0.343. The first-order valence-electron chi connectivity index (χ1n) is 9.42. The Balaban J connectivity index is 1.82. The third-order valence-corrected chi connectivity index (χ3v) is 4.81. The molecule has 2 aromatic heterocycles. The van der Waals surface area contributed by atoms with Crippen LogP contribution < -0.4 is 9.47 Å². The van der Waals surface area contributed by atoms with E-state index < -0.39 is 0 Å². The minimum atomic E-state index is -0.103. The highest BCUT2D eigenvalue weighted by Crippen LogP contribution is 2.32. The summed E-state index contributed by atoms with van der Waals surface area (Å²) in [6.45, 7) is -0.103. The summed E-state index contributed by atoms with van der Waals surface area (Å²) in [5, 5.41) is 13.8. The summed E-state index contributed by atoms with van der Waals surface area (Å²) in [6.07, 6.45) is 7.17. The molecule has 2 aromatic carbocycles. The number of aryl methyl sites for hydroxylation is 1. The highest BCUT2D eigenvalue weighted by Gasteiger charge is 2.12. The molecule has 0 radical (unpaired) electrons. The van der Waals surface area contributed by atoms with Crippen LogP contribution in [-0.4, -0.2) is 45.7 Å². The lowest BCUT2D eigenvalue weighted by Gasteiger charge is -2.13. The van der Waals surface area contributed by atoms with E-state index in [2.05, 4.69) is 10.1 Å². The molecule has 0 fully saturated rings. The van der Waals surface area contributed by atoms with Gasteiger partial charge in [-0.3, -0.25) is 9.67 Å². The number of ether oxygens (including phenoxy) is 2. The standard InChI is InChI=1S/C23H22N4O3/c1-27-14-17(12-25-27)23-13-24-21-5-4-15(10-22(21)26-23)20(6-7-28)16-8-18(29-2)11-19(9-16)30-3/h4-6,8-14,28H,7H2,1-3H3. The number of nitrogens with zero attached hydrogens (tertiary/aromatic N) is 4. The Labute approximate surface area is 174 Å². The molecule has 0 bridgehead atoms. The van der Waals surface area contributed by atoms with Crippen LogP contribution in [0.15, 0.2) is 61.1 Å². The van der Waals surface area contributed by atoms with Gasteiger partial charge >= 0.3 is 0 Å². The second kappa shape index (κ2) is 8.34. The van der Waals surface area contributed by atoms with Crippen molar-refractivity contribution in [3.63, 3.8) is 0 Å². The average Bonchev–Trinajstić information content (AvgIpc) is 3.22. The molecular formula is C23H22N4O3. The Hall–Kier alpha value is -3.71. The number of hydrogen-bond donors (Lipinski definition) is 1. The molecule has 2 heterocycles. The number of methoxy groups -OCH3 is 2. The molecule has 1 N–H and O–H groups in total. The van der Waals surface area contributed by atoms with Gasteiger partial charge in [-0.1, -0.05) is 12.1 Å². The summed E-state index contributed by atoms with van der Waals surface area (Å²) in [7, 11) is 5.09. The molecule has 7 heteroatoms. The topological polar surface area (TPSA) is 82.3 Å². The summed E-state index contributed by atoms with van der Waals surface area (Å²) in [6, 6.07) is 11.5. The molecule has 0 saturated carbocycles. The summed E-state index contributed by atoms with van der Waals surface area (Å²) < 4.78 is 12.5. The first kappa shape index (κ1) is 19.6. The SMILES string of the molecule is COc1cc(OC)cc(C(=CCO)c2ccc3ncc(-c4cnn(C)c4)nc3c2)c1. The van der Waals surface area contributed by atoms with Gasteiger partial charge in [0.1, 0.15) is 11.5 Å². The maximum Gasteiger partial charge on any atom is 0.123 e. The Morgan fingerprint density at radius 3 is 2.40 bits per heavy atom. The number of benzene rings is 2. The lowest BCUT2D eigenvalue weighted by Crippen LogP contribution is -1.95. The fourth-order valence-electron chi connectivity index (χ4n) is 3.33. The zero-order valence-corrected chi connectivity index (χ0v) is 17.0. The molecule has 4 aromatic rings. The van der Waals surface area contributed by atoms with Gasteiger partial charge < -0.3 is 14.6 Å². The van der Waals surface area contributed by atoms with E-state index in [1.54, 1.807) is 37.4 Å². The molecule has 0 aliphatic heterocycles. The molecule has 0 atom stereocenters. The van der Waals surface area contributed by atoms with E-state index in [1.165, 1.54) is 0 Å². The molecule has 0 amide bonds. The lowest BCUT2D eigenvalue weighted by atomic mass is 9.96. The highest BCUT2D eigenvalue weighted by molar-refractivity contribution is 5.87. The molecule has 30 heavy (non-hydrogen) atoms. The Bertz CT molecular complexity index is 1210. The van der Waals surface area contributed by atoms with Crippen molar-refractivity contribution in [2.24, 2.45) is 7.05 Å². The monoisotopic (exact) mass is 402 g/mol. The molecule has 0 saturated heterocycles. The van der Waals surface area contributed by atoms with Crippen LogP contribution in [-0.2, 0) is 7.05 Å². The summed E-state index contributed by atoms with van der Waals surface area (Å²) in [4.78, 5) is 9.30. The van der Waals surface area contributed by atoms with Crippen LogP contribution in [0, 0.1) is 0 Å². The van der Waals surface area contributed by atoms with Crippen LogP contribution in [0.2, 0.25) is 0 Å². The van der Waals surface area contributed by atoms with Crippen molar-refractivity contribution in [2.75, 3.05) is 20.8 Å². The van der Waals surface area contributed by atoms with E-state index in [9.17, 15) is 5.11 Å². The van der Waals surface area contributed by atoms with Crippen LogP contribution in [0.4, 0.5) is 0 Å². The van der Waals surface area contributed by atoms with Crippen LogP contribution in [0.1, 0.15) is 11.1 Å². The normalized spacial score (nSPS) is 11.7. The van der Waals surface area contributed by atoms with Crippen LogP contribution in [0.3, 0.4) is 0 Å². The molecule has 7 nitrogen and oxygen atoms in total. The number of aromatic nitrogens is 4. The van der Waals surface area contributed by atoms with Crippen LogP contribution >= 0.6 is 0 Å². The largest absolute Gasteiger partial charge is 0.497 e. The van der Waals surface area contributed by atoms with Gasteiger partial charge in [0.25, 0.3) is 0 Å². The highest BCUT2D eigenvalue weighted by atomic mass is 16.5. The Morgan fingerprint density at radius 2 is 1.77 bits per heavy atom. The minimum absolute atomic E-state index is 0.103. The fourth-order valence-corrected chi connectivity index (χ4v) is 3.33. The zero-order chi connectivity index (χ0) is 21.1. The predicted octanol–water partition coefficient (Wildman–Crippen LogP) is 3.47. The van der Waals surface area contributed by atoms with E-state index in [1.807, 2.05) is 49.6 Å². The van der Waals surface area contributed by atoms with Crippen molar-refractivity contribution >= 4 is 16.6 Å². The molecule has 152 valence electrons. The summed E-state index contributed by atoms with van der Waals surface area (Å²) in [5.41, 5.74) is 5.83. The molecular weight excluding hydrogens is 380 g/mol. The molecule has 0 spiro atoms. The van der Waals surface area contributed by atoms with Crippen LogP contribution in [0.25, 0.3) is 27.9 Å². The number of aliphatic hydroxyl groups is 1. The van der Waals surface area contributed by atoms with Crippen molar-refractivity contribution < 1.29 is 14.6 Å². The maximum absolute atomic E-state index is 9.64. The van der Waals surface area contributed by atoms with Gasteiger partial charge in [0.2, 0.25) is 0 Å². The maximum atomic E-state index is 9.64. The summed E-state index contributed by atoms with van der Waals surface area (Å²) in [5.74, 6) is 1.35. The fraction of sp³-hybridized carbons (Fsp3) is 0.174. The Kier molecular flexibility index (Phi) is 5.45. The molecule has 4 rings (SSSR count). The smallest absolute Gasteiger partial charge is 0.123 e. The third kappa shape index (κ3) is 3.88.